The number of carbonyl (C=O) groups excluding carboxylic acids is 1. The summed E-state index contributed by atoms with van der Waals surface area (Å²) in [6.07, 6.45) is 0. The van der Waals surface area contributed by atoms with Crippen LogP contribution < -0.4 is 4.74 Å². The molecule has 0 atom stereocenters. The van der Waals surface area contributed by atoms with E-state index in [0.717, 1.165) is 7.11 Å². The molecule has 0 unspecified atom stereocenters. The molecule has 0 amide bonds. The molecular formula is C9H7F2NO5. The average molecular weight is 247 g/mol. The highest BCUT2D eigenvalue weighted by molar-refractivity contribution is 5.71. The summed E-state index contributed by atoms with van der Waals surface area (Å²) in [4.78, 5) is 20.2. The highest BCUT2D eigenvalue weighted by Gasteiger charge is 2.24. The molecule has 0 aliphatic carbocycles. The molecule has 0 N–H and O–H groups in total. The zero-order chi connectivity index (χ0) is 13.0. The normalized spacial score (nSPS) is 9.82. The Morgan fingerprint density at radius 3 is 2.65 bits per heavy atom. The summed E-state index contributed by atoms with van der Waals surface area (Å²) in [5.74, 6) is -3.93. The summed E-state index contributed by atoms with van der Waals surface area (Å²) in [6, 6.07) is 0.966. The van der Waals surface area contributed by atoms with Crippen molar-refractivity contribution < 1.29 is 28.0 Å². The minimum absolute atomic E-state index is 0.350. The van der Waals surface area contributed by atoms with Crippen LogP contribution in [0.2, 0.25) is 0 Å². The van der Waals surface area contributed by atoms with Crippen LogP contribution in [-0.4, -0.2) is 24.6 Å². The third-order valence-electron chi connectivity index (χ3n) is 1.75. The Balaban J connectivity index is 3.04. The fourth-order valence-corrected chi connectivity index (χ4v) is 1.03. The van der Waals surface area contributed by atoms with Crippen LogP contribution in [0.3, 0.4) is 0 Å². The standard InChI is InChI=1S/C9H7F2NO5/c1-16-8(13)4-17-7-3-5(10)2-6(11)9(7)12(14)15/h2-3H,4H2,1H3. The van der Waals surface area contributed by atoms with Gasteiger partial charge in [0.15, 0.2) is 6.61 Å². The molecular weight excluding hydrogens is 240 g/mol. The number of halogens is 2. The summed E-state index contributed by atoms with van der Waals surface area (Å²) in [5.41, 5.74) is -1.03. The fourth-order valence-electron chi connectivity index (χ4n) is 1.03. The third kappa shape index (κ3) is 3.10. The summed E-state index contributed by atoms with van der Waals surface area (Å²) < 4.78 is 34.7. The van der Waals surface area contributed by atoms with Crippen molar-refractivity contribution in [3.8, 4) is 5.75 Å². The topological polar surface area (TPSA) is 78.7 Å². The van der Waals surface area contributed by atoms with Gasteiger partial charge in [-0.15, -0.1) is 0 Å². The van der Waals surface area contributed by atoms with Crippen LogP contribution in [0, 0.1) is 21.7 Å². The molecule has 17 heavy (non-hydrogen) atoms. The van der Waals surface area contributed by atoms with Gasteiger partial charge in [-0.3, -0.25) is 10.1 Å². The first kappa shape index (κ1) is 12.8. The van der Waals surface area contributed by atoms with Gasteiger partial charge in [-0.2, -0.15) is 4.39 Å². The largest absolute Gasteiger partial charge is 0.475 e. The zero-order valence-electron chi connectivity index (χ0n) is 8.61. The van der Waals surface area contributed by atoms with Crippen LogP contribution >= 0.6 is 0 Å². The maximum Gasteiger partial charge on any atom is 0.346 e. The van der Waals surface area contributed by atoms with Gasteiger partial charge in [0.2, 0.25) is 11.6 Å². The monoisotopic (exact) mass is 247 g/mol. The molecule has 92 valence electrons. The van der Waals surface area contributed by atoms with Crippen molar-refractivity contribution in [2.75, 3.05) is 13.7 Å². The number of nitro benzene ring substituents is 1. The number of methoxy groups -OCH3 is 1. The molecule has 0 aliphatic rings. The molecule has 1 rings (SSSR count). The molecule has 0 saturated heterocycles. The van der Waals surface area contributed by atoms with Gasteiger partial charge in [-0.1, -0.05) is 0 Å². The van der Waals surface area contributed by atoms with E-state index in [0.29, 0.717) is 12.1 Å². The van der Waals surface area contributed by atoms with Crippen molar-refractivity contribution in [1.29, 1.82) is 0 Å². The summed E-state index contributed by atoms with van der Waals surface area (Å²) in [5, 5.41) is 10.5. The molecule has 0 aliphatic heterocycles. The quantitative estimate of drug-likeness (QED) is 0.456. The van der Waals surface area contributed by atoms with E-state index in [1.807, 2.05) is 0 Å². The Bertz CT molecular complexity index is 463. The first-order chi connectivity index (χ1) is 7.95. The molecule has 0 heterocycles. The number of hydrogen-bond donors (Lipinski definition) is 0. The first-order valence-corrected chi connectivity index (χ1v) is 4.28. The Hall–Kier alpha value is -2.25. The third-order valence-corrected chi connectivity index (χ3v) is 1.75. The Labute approximate surface area is 93.9 Å². The van der Waals surface area contributed by atoms with E-state index in [2.05, 4.69) is 9.47 Å². The van der Waals surface area contributed by atoms with E-state index in [-0.39, 0.29) is 0 Å². The highest BCUT2D eigenvalue weighted by atomic mass is 19.1. The molecule has 0 bridgehead atoms. The van der Waals surface area contributed by atoms with Gasteiger partial charge in [-0.05, 0) is 0 Å². The molecule has 1 aromatic carbocycles. The van der Waals surface area contributed by atoms with Crippen molar-refractivity contribution >= 4 is 11.7 Å². The summed E-state index contributed by atoms with van der Waals surface area (Å²) in [6.45, 7) is -0.680. The number of nitrogens with zero attached hydrogens (tertiary/aromatic N) is 1. The van der Waals surface area contributed by atoms with Crippen molar-refractivity contribution in [1.82, 2.24) is 0 Å². The second kappa shape index (κ2) is 5.19. The number of ether oxygens (including phenoxy) is 2. The predicted molar refractivity (Wildman–Crippen MR) is 50.5 cm³/mol. The van der Waals surface area contributed by atoms with E-state index in [9.17, 15) is 23.7 Å². The maximum atomic E-state index is 13.1. The van der Waals surface area contributed by atoms with Crippen LogP contribution in [0.25, 0.3) is 0 Å². The van der Waals surface area contributed by atoms with Crippen LogP contribution in [0.5, 0.6) is 5.75 Å². The van der Waals surface area contributed by atoms with E-state index in [4.69, 9.17) is 0 Å². The molecule has 8 heteroatoms. The van der Waals surface area contributed by atoms with Gasteiger partial charge in [0.1, 0.15) is 5.82 Å². The van der Waals surface area contributed by atoms with E-state index < -0.39 is 40.6 Å². The number of rotatable bonds is 4. The molecule has 6 nitrogen and oxygen atoms in total. The van der Waals surface area contributed by atoms with Gasteiger partial charge >= 0.3 is 11.7 Å². The van der Waals surface area contributed by atoms with Gasteiger partial charge < -0.3 is 9.47 Å². The molecule has 0 saturated carbocycles. The summed E-state index contributed by atoms with van der Waals surface area (Å²) >= 11 is 0. The molecule has 0 spiro atoms. The van der Waals surface area contributed by atoms with Crippen molar-refractivity contribution in [3.05, 3.63) is 33.9 Å². The lowest BCUT2D eigenvalue weighted by molar-refractivity contribution is -0.388. The number of hydrogen-bond acceptors (Lipinski definition) is 5. The Morgan fingerprint density at radius 1 is 1.47 bits per heavy atom. The molecule has 1 aromatic rings. The minimum atomic E-state index is -1.38. The lowest BCUT2D eigenvalue weighted by Gasteiger charge is -2.06. The lowest BCUT2D eigenvalue weighted by atomic mass is 10.2. The van der Waals surface area contributed by atoms with Gasteiger partial charge in [0.05, 0.1) is 12.0 Å². The zero-order valence-corrected chi connectivity index (χ0v) is 8.61. The van der Waals surface area contributed by atoms with Gasteiger partial charge in [0, 0.05) is 12.1 Å². The fraction of sp³-hybridized carbons (Fsp3) is 0.222. The molecule has 0 aromatic heterocycles. The smallest absolute Gasteiger partial charge is 0.346 e. The van der Waals surface area contributed by atoms with Crippen LogP contribution in [0.15, 0.2) is 12.1 Å². The Kier molecular flexibility index (Phi) is 3.91. The summed E-state index contributed by atoms with van der Waals surface area (Å²) in [7, 11) is 1.08. The van der Waals surface area contributed by atoms with Crippen LogP contribution in [0.1, 0.15) is 0 Å². The van der Waals surface area contributed by atoms with Crippen LogP contribution in [-0.2, 0) is 9.53 Å². The van der Waals surface area contributed by atoms with Gasteiger partial charge in [-0.25, -0.2) is 9.18 Å². The molecule has 0 radical (unpaired) electrons. The predicted octanol–water partition coefficient (Wildman–Crippen LogP) is 1.42. The highest BCUT2D eigenvalue weighted by Crippen LogP contribution is 2.30. The van der Waals surface area contributed by atoms with Gasteiger partial charge in [0.25, 0.3) is 0 Å². The van der Waals surface area contributed by atoms with Crippen molar-refractivity contribution in [3.63, 3.8) is 0 Å². The maximum absolute atomic E-state index is 13.1. The van der Waals surface area contributed by atoms with E-state index in [1.165, 1.54) is 0 Å². The van der Waals surface area contributed by atoms with E-state index >= 15 is 0 Å². The molecule has 0 fully saturated rings. The van der Waals surface area contributed by atoms with Crippen molar-refractivity contribution in [2.24, 2.45) is 0 Å². The number of carbonyl (C=O) groups is 1. The minimum Gasteiger partial charge on any atom is -0.475 e. The Morgan fingerprint density at radius 2 is 2.12 bits per heavy atom. The number of nitro groups is 1. The average Bonchev–Trinajstić information content (AvgIpc) is 2.24. The van der Waals surface area contributed by atoms with E-state index in [1.54, 1.807) is 0 Å². The SMILES string of the molecule is COC(=O)COc1cc(F)cc(F)c1[N+](=O)[O-]. The van der Waals surface area contributed by atoms with Crippen LogP contribution in [0.4, 0.5) is 14.5 Å². The second-order valence-corrected chi connectivity index (χ2v) is 2.86. The second-order valence-electron chi connectivity index (χ2n) is 2.86. The number of benzene rings is 1. The lowest BCUT2D eigenvalue weighted by Crippen LogP contribution is -2.13. The van der Waals surface area contributed by atoms with Crippen molar-refractivity contribution in [2.45, 2.75) is 0 Å². The first-order valence-electron chi connectivity index (χ1n) is 4.28. The number of esters is 1.